The van der Waals surface area contributed by atoms with Gasteiger partial charge in [-0.2, -0.15) is 0 Å². The van der Waals surface area contributed by atoms with Crippen molar-refractivity contribution in [3.8, 4) is 0 Å². The van der Waals surface area contributed by atoms with E-state index in [1.165, 1.54) is 18.2 Å². The van der Waals surface area contributed by atoms with Crippen molar-refractivity contribution in [3.05, 3.63) is 69.8 Å². The number of sulfonamides is 1. The number of rotatable bonds is 8. The first-order valence-electron chi connectivity index (χ1n) is 8.59. The summed E-state index contributed by atoms with van der Waals surface area (Å²) in [6.07, 6.45) is 0. The molecule has 2 rings (SSSR count). The highest BCUT2D eigenvalue weighted by Gasteiger charge is 2.25. The third kappa shape index (κ3) is 5.59. The maximum absolute atomic E-state index is 12.6. The number of non-ortho nitro benzene ring substituents is 1. The van der Waals surface area contributed by atoms with Gasteiger partial charge in [0.25, 0.3) is 5.69 Å². The Morgan fingerprint density at radius 1 is 1.15 bits per heavy atom. The van der Waals surface area contributed by atoms with Gasteiger partial charge in [0, 0.05) is 30.3 Å². The van der Waals surface area contributed by atoms with Crippen LogP contribution in [0.25, 0.3) is 0 Å². The number of hydrogen-bond acceptors (Lipinski definition) is 5. The minimum atomic E-state index is -3.78. The van der Waals surface area contributed by atoms with Gasteiger partial charge in [0.05, 0.1) is 9.82 Å². The Bertz CT molecular complexity index is 912. The van der Waals surface area contributed by atoms with Gasteiger partial charge in [-0.25, -0.2) is 13.1 Å². The van der Waals surface area contributed by atoms with Gasteiger partial charge in [0.2, 0.25) is 10.0 Å². The molecule has 8 heteroatoms. The highest BCUT2D eigenvalue weighted by molar-refractivity contribution is 7.89. The van der Waals surface area contributed by atoms with Crippen molar-refractivity contribution < 1.29 is 13.3 Å². The minimum absolute atomic E-state index is 0.0417. The maximum Gasteiger partial charge on any atom is 0.269 e. The molecule has 0 aromatic heterocycles. The second-order valence-electron chi connectivity index (χ2n) is 7.19. The Kier molecular flexibility index (Phi) is 6.35. The molecule has 0 spiro atoms. The van der Waals surface area contributed by atoms with Gasteiger partial charge in [-0.1, -0.05) is 30.3 Å². The molecule has 2 aromatic rings. The van der Waals surface area contributed by atoms with Crippen LogP contribution in [0, 0.1) is 17.0 Å². The molecule has 2 aromatic carbocycles. The molecule has 27 heavy (non-hydrogen) atoms. The number of nitrogens with one attached hydrogen (secondary N) is 2. The number of nitro benzene ring substituents is 1. The van der Waals surface area contributed by atoms with Crippen LogP contribution in [0.3, 0.4) is 0 Å². The van der Waals surface area contributed by atoms with Crippen molar-refractivity contribution in [2.75, 3.05) is 6.54 Å². The molecule has 2 N–H and O–H groups in total. The molecular formula is C19H25N3O4S. The van der Waals surface area contributed by atoms with Crippen LogP contribution < -0.4 is 10.0 Å². The number of aryl methyl sites for hydroxylation is 1. The van der Waals surface area contributed by atoms with Gasteiger partial charge >= 0.3 is 0 Å². The van der Waals surface area contributed by atoms with Crippen molar-refractivity contribution >= 4 is 15.7 Å². The molecule has 1 unspecified atom stereocenters. The number of nitrogens with zero attached hydrogens (tertiary/aromatic N) is 1. The Morgan fingerprint density at radius 2 is 1.78 bits per heavy atom. The van der Waals surface area contributed by atoms with Gasteiger partial charge in [0.15, 0.2) is 0 Å². The molecule has 0 fully saturated rings. The van der Waals surface area contributed by atoms with E-state index in [4.69, 9.17) is 0 Å². The zero-order valence-electron chi connectivity index (χ0n) is 15.9. The Labute approximate surface area is 160 Å². The lowest BCUT2D eigenvalue weighted by Crippen LogP contribution is -2.49. The molecule has 0 aliphatic heterocycles. The first-order chi connectivity index (χ1) is 12.5. The van der Waals surface area contributed by atoms with E-state index < -0.39 is 20.5 Å². The summed E-state index contributed by atoms with van der Waals surface area (Å²) in [5.74, 6) is 0. The van der Waals surface area contributed by atoms with E-state index in [2.05, 4.69) is 10.0 Å². The summed E-state index contributed by atoms with van der Waals surface area (Å²) in [4.78, 5) is 10.3. The zero-order chi connectivity index (χ0) is 20.2. The average Bonchev–Trinajstić information content (AvgIpc) is 2.60. The smallest absolute Gasteiger partial charge is 0.269 e. The molecule has 7 nitrogen and oxygen atoms in total. The quantitative estimate of drug-likeness (QED) is 0.531. The lowest BCUT2D eigenvalue weighted by Gasteiger charge is -2.31. The third-order valence-electron chi connectivity index (χ3n) is 4.27. The first-order valence-corrected chi connectivity index (χ1v) is 10.1. The molecule has 0 saturated carbocycles. The van der Waals surface area contributed by atoms with E-state index in [0.29, 0.717) is 5.56 Å². The van der Waals surface area contributed by atoms with Crippen LogP contribution in [0.5, 0.6) is 0 Å². The van der Waals surface area contributed by atoms with Crippen LogP contribution in [0.1, 0.15) is 37.9 Å². The molecular weight excluding hydrogens is 366 g/mol. The molecule has 0 bridgehead atoms. The average molecular weight is 391 g/mol. The van der Waals surface area contributed by atoms with Crippen molar-refractivity contribution in [2.24, 2.45) is 0 Å². The van der Waals surface area contributed by atoms with Crippen molar-refractivity contribution in [1.82, 2.24) is 10.0 Å². The maximum atomic E-state index is 12.6. The van der Waals surface area contributed by atoms with E-state index in [-0.39, 0.29) is 23.2 Å². The third-order valence-corrected chi connectivity index (χ3v) is 5.83. The second kappa shape index (κ2) is 8.16. The van der Waals surface area contributed by atoms with Gasteiger partial charge in [0.1, 0.15) is 0 Å². The first kappa shape index (κ1) is 21.0. The summed E-state index contributed by atoms with van der Waals surface area (Å²) in [7, 11) is -3.78. The highest BCUT2D eigenvalue weighted by Crippen LogP contribution is 2.22. The van der Waals surface area contributed by atoms with E-state index in [0.717, 1.165) is 5.56 Å². The van der Waals surface area contributed by atoms with Gasteiger partial charge < -0.3 is 5.32 Å². The van der Waals surface area contributed by atoms with E-state index in [1.807, 2.05) is 51.1 Å². The van der Waals surface area contributed by atoms with Crippen LogP contribution >= 0.6 is 0 Å². The van der Waals surface area contributed by atoms with E-state index in [9.17, 15) is 18.5 Å². The fourth-order valence-electron chi connectivity index (χ4n) is 2.86. The molecule has 0 radical (unpaired) electrons. The van der Waals surface area contributed by atoms with Crippen LogP contribution in [0.4, 0.5) is 5.69 Å². The lowest BCUT2D eigenvalue weighted by atomic mass is 10.0. The minimum Gasteiger partial charge on any atom is -0.304 e. The monoisotopic (exact) mass is 391 g/mol. The topological polar surface area (TPSA) is 101 Å². The highest BCUT2D eigenvalue weighted by atomic mass is 32.2. The Hall–Kier alpha value is -2.29. The molecule has 1 atom stereocenters. The summed E-state index contributed by atoms with van der Waals surface area (Å²) in [5.41, 5.74) is 0.807. The summed E-state index contributed by atoms with van der Waals surface area (Å²) in [5, 5.41) is 14.2. The fourth-order valence-corrected chi connectivity index (χ4v) is 4.30. The molecule has 0 amide bonds. The van der Waals surface area contributed by atoms with Gasteiger partial charge in [-0.3, -0.25) is 10.1 Å². The van der Waals surface area contributed by atoms with Crippen molar-refractivity contribution in [1.29, 1.82) is 0 Å². The van der Waals surface area contributed by atoms with Crippen LogP contribution in [0.2, 0.25) is 0 Å². The summed E-state index contributed by atoms with van der Waals surface area (Å²) >= 11 is 0. The molecule has 0 aliphatic carbocycles. The number of benzene rings is 2. The van der Waals surface area contributed by atoms with E-state index in [1.54, 1.807) is 6.92 Å². The van der Waals surface area contributed by atoms with Crippen molar-refractivity contribution in [3.63, 3.8) is 0 Å². The number of hydrogen-bond donors (Lipinski definition) is 2. The zero-order valence-corrected chi connectivity index (χ0v) is 16.7. The summed E-state index contributed by atoms with van der Waals surface area (Å²) < 4.78 is 27.9. The molecule has 0 heterocycles. The second-order valence-corrected chi connectivity index (χ2v) is 8.93. The van der Waals surface area contributed by atoms with Crippen LogP contribution in [0.15, 0.2) is 53.4 Å². The largest absolute Gasteiger partial charge is 0.304 e. The molecule has 0 saturated heterocycles. The molecule has 146 valence electrons. The van der Waals surface area contributed by atoms with Crippen LogP contribution in [-0.2, 0) is 10.0 Å². The summed E-state index contributed by atoms with van der Waals surface area (Å²) in [6.45, 7) is 7.56. The Balaban J connectivity index is 2.08. The fraction of sp³-hybridized carbons (Fsp3) is 0.368. The molecule has 0 aliphatic rings. The standard InChI is InChI=1S/C19H25N3O4S/c1-14-12-17(22(23)24)10-11-18(14)27(25,26)20-13-19(3,4)21-15(2)16-8-6-5-7-9-16/h5-12,15,20-21H,13H2,1-4H3. The van der Waals surface area contributed by atoms with Crippen molar-refractivity contribution in [2.45, 2.75) is 44.2 Å². The predicted octanol–water partition coefficient (Wildman–Crippen LogP) is 3.31. The van der Waals surface area contributed by atoms with Gasteiger partial charge in [-0.15, -0.1) is 0 Å². The number of nitro groups is 1. The normalized spacial score (nSPS) is 13.3. The van der Waals surface area contributed by atoms with Gasteiger partial charge in [-0.05, 0) is 44.9 Å². The SMILES string of the molecule is Cc1cc([N+](=O)[O-])ccc1S(=O)(=O)NCC(C)(C)NC(C)c1ccccc1. The van der Waals surface area contributed by atoms with Crippen LogP contribution in [-0.4, -0.2) is 25.4 Å². The Morgan fingerprint density at radius 3 is 2.33 bits per heavy atom. The van der Waals surface area contributed by atoms with E-state index >= 15 is 0 Å². The lowest BCUT2D eigenvalue weighted by molar-refractivity contribution is -0.385. The predicted molar refractivity (Wildman–Crippen MR) is 105 cm³/mol. The summed E-state index contributed by atoms with van der Waals surface area (Å²) in [6, 6.07) is 13.7.